The lowest BCUT2D eigenvalue weighted by Crippen LogP contribution is -2.35. The van der Waals surface area contributed by atoms with Crippen molar-refractivity contribution in [1.29, 1.82) is 0 Å². The van der Waals surface area contributed by atoms with Gasteiger partial charge in [-0.05, 0) is 43.3 Å². The Morgan fingerprint density at radius 3 is 2.58 bits per heavy atom. The molecule has 1 saturated heterocycles. The summed E-state index contributed by atoms with van der Waals surface area (Å²) in [5, 5.41) is 8.56. The van der Waals surface area contributed by atoms with Gasteiger partial charge in [0.05, 0.1) is 16.6 Å². The van der Waals surface area contributed by atoms with E-state index in [1.165, 1.54) is 18.2 Å². The molecule has 1 fully saturated rings. The Labute approximate surface area is 142 Å². The number of rotatable bonds is 5. The van der Waals surface area contributed by atoms with Crippen LogP contribution in [0.2, 0.25) is 0 Å². The number of carboxylic acid groups (broad SMARTS) is 1. The molecule has 0 radical (unpaired) electrons. The van der Waals surface area contributed by atoms with Crippen molar-refractivity contribution in [1.82, 2.24) is 4.90 Å². The number of benzene rings is 1. The molecule has 0 aromatic heterocycles. The van der Waals surface area contributed by atoms with Crippen molar-refractivity contribution in [3.05, 3.63) is 40.3 Å². The molecule has 1 aliphatic rings. The highest BCUT2D eigenvalue weighted by molar-refractivity contribution is 8.18. The van der Waals surface area contributed by atoms with Crippen LogP contribution in [-0.4, -0.2) is 45.7 Å². The van der Waals surface area contributed by atoms with Crippen molar-refractivity contribution >= 4 is 40.9 Å². The summed E-state index contributed by atoms with van der Waals surface area (Å²) in [5.41, 5.74) is 0.323. The van der Waals surface area contributed by atoms with Gasteiger partial charge in [0.15, 0.2) is 0 Å². The molecule has 1 aromatic carbocycles. The first-order valence-electron chi connectivity index (χ1n) is 7.06. The fourth-order valence-corrected chi connectivity index (χ4v) is 2.85. The van der Waals surface area contributed by atoms with Crippen molar-refractivity contribution in [2.45, 2.75) is 20.0 Å². The number of imide groups is 1. The van der Waals surface area contributed by atoms with Gasteiger partial charge in [-0.15, -0.1) is 0 Å². The topological polar surface area (TPSA) is 101 Å². The van der Waals surface area contributed by atoms with Gasteiger partial charge >= 0.3 is 11.9 Å². The monoisotopic (exact) mass is 349 g/mol. The molecule has 7 nitrogen and oxygen atoms in total. The van der Waals surface area contributed by atoms with Crippen LogP contribution in [-0.2, 0) is 14.3 Å². The summed E-state index contributed by atoms with van der Waals surface area (Å²) in [6.07, 6.45) is 0.984. The smallest absolute Gasteiger partial charge is 0.336 e. The summed E-state index contributed by atoms with van der Waals surface area (Å²) in [4.78, 5) is 47.9. The van der Waals surface area contributed by atoms with E-state index >= 15 is 0 Å². The van der Waals surface area contributed by atoms with Crippen LogP contribution in [0, 0.1) is 0 Å². The van der Waals surface area contributed by atoms with E-state index in [0.717, 1.165) is 4.90 Å². The number of carbonyl (C=O) groups is 4. The lowest BCUT2D eigenvalue weighted by molar-refractivity contribution is -0.149. The second kappa shape index (κ2) is 7.31. The van der Waals surface area contributed by atoms with Crippen LogP contribution in [0.25, 0.3) is 6.08 Å². The Morgan fingerprint density at radius 1 is 1.29 bits per heavy atom. The summed E-state index contributed by atoms with van der Waals surface area (Å²) < 4.78 is 4.92. The van der Waals surface area contributed by atoms with E-state index < -0.39 is 29.6 Å². The molecule has 1 aliphatic heterocycles. The minimum Gasteiger partial charge on any atom is -0.478 e. The standard InChI is InChI=1S/C16H15NO6S/c1-9(2)23-13(18)8-17-14(19)12(24-16(17)22)7-10-5-3-4-6-11(10)15(20)21/h3-7,9H,8H2,1-2H3,(H,20,21)/b12-7-. The molecule has 24 heavy (non-hydrogen) atoms. The second-order valence-electron chi connectivity index (χ2n) is 5.20. The molecule has 8 heteroatoms. The lowest BCUT2D eigenvalue weighted by atomic mass is 10.1. The van der Waals surface area contributed by atoms with E-state index in [1.807, 2.05) is 0 Å². The zero-order valence-electron chi connectivity index (χ0n) is 13.0. The van der Waals surface area contributed by atoms with Crippen LogP contribution >= 0.6 is 11.8 Å². The zero-order chi connectivity index (χ0) is 17.9. The molecule has 1 aromatic rings. The van der Waals surface area contributed by atoms with E-state index in [0.29, 0.717) is 17.3 Å². The molecule has 0 saturated carbocycles. The normalized spacial score (nSPS) is 16.1. The Morgan fingerprint density at radius 2 is 1.96 bits per heavy atom. The van der Waals surface area contributed by atoms with Gasteiger partial charge in [-0.3, -0.25) is 19.3 Å². The van der Waals surface area contributed by atoms with Gasteiger partial charge < -0.3 is 9.84 Å². The third-order valence-corrected chi connectivity index (χ3v) is 3.91. The van der Waals surface area contributed by atoms with Crippen LogP contribution in [0.4, 0.5) is 4.79 Å². The number of ether oxygens (including phenoxy) is 1. The number of esters is 1. The number of hydrogen-bond donors (Lipinski definition) is 1. The van der Waals surface area contributed by atoms with Crippen LogP contribution in [0.1, 0.15) is 29.8 Å². The van der Waals surface area contributed by atoms with E-state index in [4.69, 9.17) is 9.84 Å². The number of aromatic carboxylic acids is 1. The van der Waals surface area contributed by atoms with Crippen molar-refractivity contribution in [2.24, 2.45) is 0 Å². The fourth-order valence-electron chi connectivity index (χ4n) is 2.02. The minimum absolute atomic E-state index is 0.0171. The summed E-state index contributed by atoms with van der Waals surface area (Å²) in [5.74, 6) is -2.47. The summed E-state index contributed by atoms with van der Waals surface area (Å²) in [6, 6.07) is 6.12. The van der Waals surface area contributed by atoms with E-state index in [9.17, 15) is 19.2 Å². The van der Waals surface area contributed by atoms with Crippen LogP contribution in [0.15, 0.2) is 29.2 Å². The molecule has 1 heterocycles. The maximum absolute atomic E-state index is 12.3. The van der Waals surface area contributed by atoms with E-state index in [-0.39, 0.29) is 16.6 Å². The molecule has 2 amide bonds. The summed E-state index contributed by atoms with van der Waals surface area (Å²) in [6.45, 7) is 2.85. The van der Waals surface area contributed by atoms with Gasteiger partial charge in [-0.1, -0.05) is 18.2 Å². The molecule has 0 bridgehead atoms. The Bertz CT molecular complexity index is 740. The quantitative estimate of drug-likeness (QED) is 0.643. The SMILES string of the molecule is CC(C)OC(=O)CN1C(=O)S/C(=C\c2ccccc2C(=O)O)C1=O. The van der Waals surface area contributed by atoms with E-state index in [2.05, 4.69) is 0 Å². The molecular formula is C16H15NO6S. The van der Waals surface area contributed by atoms with Crippen molar-refractivity contribution < 1.29 is 29.0 Å². The summed E-state index contributed by atoms with van der Waals surface area (Å²) >= 11 is 0.656. The number of hydrogen-bond acceptors (Lipinski definition) is 6. The predicted octanol–water partition coefficient (Wildman–Crippen LogP) is 2.37. The van der Waals surface area contributed by atoms with Crippen molar-refractivity contribution in [3.8, 4) is 0 Å². The molecule has 0 unspecified atom stereocenters. The van der Waals surface area contributed by atoms with Crippen LogP contribution in [0.5, 0.6) is 0 Å². The number of thioether (sulfide) groups is 1. The number of amides is 2. The highest BCUT2D eigenvalue weighted by Gasteiger charge is 2.37. The Hall–Kier alpha value is -2.61. The van der Waals surface area contributed by atoms with Gasteiger partial charge in [0, 0.05) is 0 Å². The Kier molecular flexibility index (Phi) is 5.40. The first-order chi connectivity index (χ1) is 11.3. The number of carbonyl (C=O) groups excluding carboxylic acids is 3. The van der Waals surface area contributed by atoms with Gasteiger partial charge in [0.2, 0.25) is 0 Å². The van der Waals surface area contributed by atoms with Crippen molar-refractivity contribution in [2.75, 3.05) is 6.54 Å². The largest absolute Gasteiger partial charge is 0.478 e. The first kappa shape index (κ1) is 17.7. The molecule has 2 rings (SSSR count). The third kappa shape index (κ3) is 4.02. The van der Waals surface area contributed by atoms with Crippen LogP contribution in [0.3, 0.4) is 0 Å². The van der Waals surface area contributed by atoms with E-state index in [1.54, 1.807) is 26.0 Å². The zero-order valence-corrected chi connectivity index (χ0v) is 13.8. The third-order valence-electron chi connectivity index (χ3n) is 3.01. The molecule has 0 aliphatic carbocycles. The minimum atomic E-state index is -1.14. The average molecular weight is 349 g/mol. The van der Waals surface area contributed by atoms with Gasteiger partial charge in [0.25, 0.3) is 11.1 Å². The second-order valence-corrected chi connectivity index (χ2v) is 6.19. The molecule has 0 spiro atoms. The predicted molar refractivity (Wildman–Crippen MR) is 87.3 cm³/mol. The van der Waals surface area contributed by atoms with Gasteiger partial charge in [0.1, 0.15) is 6.54 Å². The first-order valence-corrected chi connectivity index (χ1v) is 7.88. The summed E-state index contributed by atoms with van der Waals surface area (Å²) in [7, 11) is 0. The molecule has 1 N–H and O–H groups in total. The molecular weight excluding hydrogens is 334 g/mol. The van der Waals surface area contributed by atoms with Gasteiger partial charge in [-0.25, -0.2) is 4.79 Å². The fraction of sp³-hybridized carbons (Fsp3) is 0.250. The maximum Gasteiger partial charge on any atom is 0.336 e. The molecule has 126 valence electrons. The van der Waals surface area contributed by atoms with Crippen LogP contribution < -0.4 is 0 Å². The highest BCUT2D eigenvalue weighted by Crippen LogP contribution is 2.32. The average Bonchev–Trinajstić information content (AvgIpc) is 2.74. The lowest BCUT2D eigenvalue weighted by Gasteiger charge is -2.13. The van der Waals surface area contributed by atoms with Crippen molar-refractivity contribution in [3.63, 3.8) is 0 Å². The maximum atomic E-state index is 12.3. The van der Waals surface area contributed by atoms with Gasteiger partial charge in [-0.2, -0.15) is 0 Å². The number of nitrogens with zero attached hydrogens (tertiary/aromatic N) is 1. The Balaban J connectivity index is 2.23. The number of carboxylic acids is 1. The molecule has 0 atom stereocenters. The highest BCUT2D eigenvalue weighted by atomic mass is 32.2.